The lowest BCUT2D eigenvalue weighted by Gasteiger charge is -2.45. The number of thiophene rings is 1. The van der Waals surface area contributed by atoms with E-state index in [2.05, 4.69) is 4.98 Å². The van der Waals surface area contributed by atoms with E-state index in [4.69, 9.17) is 4.84 Å². The van der Waals surface area contributed by atoms with E-state index < -0.39 is 5.60 Å². The van der Waals surface area contributed by atoms with Crippen LogP contribution in [0.4, 0.5) is 5.82 Å². The van der Waals surface area contributed by atoms with Gasteiger partial charge in [-0.25, -0.2) is 9.82 Å². The minimum absolute atomic E-state index is 0.0536. The molecule has 0 aromatic carbocycles. The molecule has 1 fully saturated rings. The second-order valence-corrected chi connectivity index (χ2v) is 4.85. The summed E-state index contributed by atoms with van der Waals surface area (Å²) in [6.45, 7) is 1.95. The van der Waals surface area contributed by atoms with Crippen LogP contribution in [-0.4, -0.2) is 10.9 Å². The van der Waals surface area contributed by atoms with E-state index in [-0.39, 0.29) is 5.91 Å². The third-order valence-electron chi connectivity index (χ3n) is 3.12. The van der Waals surface area contributed by atoms with Gasteiger partial charge in [0.15, 0.2) is 5.82 Å². The molecule has 0 radical (unpaired) electrons. The summed E-state index contributed by atoms with van der Waals surface area (Å²) >= 11 is 1.56. The van der Waals surface area contributed by atoms with E-state index in [0.717, 1.165) is 5.56 Å². The molecule has 4 nitrogen and oxygen atoms in total. The number of carbonyl (C=O) groups excluding carboxylic acids is 1. The quantitative estimate of drug-likeness (QED) is 0.852. The second-order valence-electron chi connectivity index (χ2n) is 4.07. The summed E-state index contributed by atoms with van der Waals surface area (Å²) in [5.41, 5.74) is 0.101. The fraction of sp³-hybridized carbons (Fsp3) is 0.231. The van der Waals surface area contributed by atoms with Gasteiger partial charge in [-0.2, -0.15) is 16.4 Å². The zero-order chi connectivity index (χ0) is 12.6. The van der Waals surface area contributed by atoms with Crippen molar-refractivity contribution in [2.24, 2.45) is 0 Å². The monoisotopic (exact) mass is 260 g/mol. The van der Waals surface area contributed by atoms with Crippen LogP contribution in [0.3, 0.4) is 0 Å². The van der Waals surface area contributed by atoms with Crippen LogP contribution in [0.1, 0.15) is 18.9 Å². The van der Waals surface area contributed by atoms with Gasteiger partial charge in [0.2, 0.25) is 5.60 Å². The lowest BCUT2D eigenvalue weighted by molar-refractivity contribution is -0.191. The largest absolute Gasteiger partial charge is 0.292 e. The molecule has 2 aromatic rings. The predicted molar refractivity (Wildman–Crippen MR) is 69.1 cm³/mol. The van der Waals surface area contributed by atoms with E-state index in [1.165, 1.54) is 5.06 Å². The van der Waals surface area contributed by atoms with E-state index in [0.29, 0.717) is 12.2 Å². The fourth-order valence-corrected chi connectivity index (χ4v) is 2.80. The highest BCUT2D eigenvalue weighted by atomic mass is 32.1. The molecule has 0 spiro atoms. The lowest BCUT2D eigenvalue weighted by atomic mass is 9.90. The SMILES string of the molecule is CC[C@@]1(c2ccsc2)ON(c2ccccn2)C1=O. The van der Waals surface area contributed by atoms with E-state index in [1.807, 2.05) is 29.8 Å². The third-order valence-corrected chi connectivity index (χ3v) is 3.80. The minimum Gasteiger partial charge on any atom is -0.268 e. The number of hydrogen-bond donors (Lipinski definition) is 0. The minimum atomic E-state index is -0.822. The average molecular weight is 260 g/mol. The Labute approximate surface area is 109 Å². The summed E-state index contributed by atoms with van der Waals surface area (Å²) in [6.07, 6.45) is 2.26. The van der Waals surface area contributed by atoms with Gasteiger partial charge in [-0.1, -0.05) is 13.0 Å². The summed E-state index contributed by atoms with van der Waals surface area (Å²) in [5, 5.41) is 5.17. The molecule has 3 heterocycles. The van der Waals surface area contributed by atoms with Crippen LogP contribution in [0, 0.1) is 0 Å². The topological polar surface area (TPSA) is 42.4 Å². The average Bonchev–Trinajstić information content (AvgIpc) is 2.94. The van der Waals surface area contributed by atoms with Crippen LogP contribution in [-0.2, 0) is 15.2 Å². The predicted octanol–water partition coefficient (Wildman–Crippen LogP) is 2.73. The molecule has 0 N–H and O–H groups in total. The van der Waals surface area contributed by atoms with Crippen LogP contribution in [0.15, 0.2) is 41.2 Å². The molecule has 1 amide bonds. The summed E-state index contributed by atoms with van der Waals surface area (Å²) in [6, 6.07) is 7.32. The van der Waals surface area contributed by atoms with Gasteiger partial charge in [0, 0.05) is 11.8 Å². The molecule has 1 aliphatic heterocycles. The van der Waals surface area contributed by atoms with Crippen molar-refractivity contribution >= 4 is 23.1 Å². The Morgan fingerprint density at radius 2 is 2.33 bits per heavy atom. The molecule has 0 aliphatic carbocycles. The summed E-state index contributed by atoms with van der Waals surface area (Å²) in [7, 11) is 0. The summed E-state index contributed by atoms with van der Waals surface area (Å²) < 4.78 is 0. The number of pyridine rings is 1. The molecule has 3 rings (SSSR count). The first kappa shape index (κ1) is 11.4. The van der Waals surface area contributed by atoms with Crippen molar-refractivity contribution in [1.82, 2.24) is 4.98 Å². The highest BCUT2D eigenvalue weighted by Crippen LogP contribution is 2.43. The van der Waals surface area contributed by atoms with Crippen molar-refractivity contribution in [3.05, 3.63) is 46.8 Å². The molecule has 0 saturated carbocycles. The first-order chi connectivity index (χ1) is 8.78. The zero-order valence-electron chi connectivity index (χ0n) is 9.87. The van der Waals surface area contributed by atoms with Gasteiger partial charge >= 0.3 is 0 Å². The fourth-order valence-electron chi connectivity index (χ4n) is 2.08. The molecular formula is C13H12N2O2S. The van der Waals surface area contributed by atoms with Crippen molar-refractivity contribution in [2.75, 3.05) is 5.06 Å². The van der Waals surface area contributed by atoms with Crippen molar-refractivity contribution in [3.63, 3.8) is 0 Å². The molecular weight excluding hydrogens is 248 g/mol. The van der Waals surface area contributed by atoms with E-state index >= 15 is 0 Å². The number of nitrogens with zero attached hydrogens (tertiary/aromatic N) is 2. The van der Waals surface area contributed by atoms with Crippen molar-refractivity contribution < 1.29 is 9.63 Å². The Bertz CT molecular complexity index is 556. The number of amides is 1. The number of hydrogen-bond acceptors (Lipinski definition) is 4. The Hall–Kier alpha value is -1.72. The van der Waals surface area contributed by atoms with Gasteiger partial charge in [0.25, 0.3) is 5.91 Å². The maximum Gasteiger partial charge on any atom is 0.292 e. The Morgan fingerprint density at radius 1 is 1.44 bits per heavy atom. The number of hydroxylamine groups is 1. The highest BCUT2D eigenvalue weighted by molar-refractivity contribution is 7.08. The van der Waals surface area contributed by atoms with Gasteiger partial charge in [0.05, 0.1) is 0 Å². The number of rotatable bonds is 3. The maximum atomic E-state index is 12.4. The number of carbonyl (C=O) groups is 1. The van der Waals surface area contributed by atoms with Gasteiger partial charge in [-0.15, -0.1) is 0 Å². The lowest BCUT2D eigenvalue weighted by Crippen LogP contribution is -2.62. The molecule has 18 heavy (non-hydrogen) atoms. The van der Waals surface area contributed by atoms with Crippen LogP contribution in [0.25, 0.3) is 0 Å². The highest BCUT2D eigenvalue weighted by Gasteiger charge is 2.56. The second kappa shape index (κ2) is 4.19. The van der Waals surface area contributed by atoms with Gasteiger partial charge in [-0.05, 0) is 35.4 Å². The van der Waals surface area contributed by atoms with Gasteiger partial charge in [-0.3, -0.25) is 4.79 Å². The smallest absolute Gasteiger partial charge is 0.268 e. The summed E-state index contributed by atoms with van der Waals surface area (Å²) in [5.74, 6) is 0.476. The number of aromatic nitrogens is 1. The third kappa shape index (κ3) is 1.48. The first-order valence-corrected chi connectivity index (χ1v) is 6.69. The Kier molecular flexibility index (Phi) is 2.65. The normalized spacial score (nSPS) is 22.9. The van der Waals surface area contributed by atoms with Crippen molar-refractivity contribution in [1.29, 1.82) is 0 Å². The maximum absolute atomic E-state index is 12.4. The molecule has 1 atom stereocenters. The van der Waals surface area contributed by atoms with Crippen molar-refractivity contribution in [2.45, 2.75) is 18.9 Å². The summed E-state index contributed by atoms with van der Waals surface area (Å²) in [4.78, 5) is 22.2. The standard InChI is InChI=1S/C13H12N2O2S/c1-2-13(10-6-8-18-9-10)12(16)15(17-13)11-5-3-4-7-14-11/h3-9H,2H2,1H3/t13-/m0/s1. The van der Waals surface area contributed by atoms with Crippen LogP contribution < -0.4 is 5.06 Å². The molecule has 0 unspecified atom stereocenters. The zero-order valence-corrected chi connectivity index (χ0v) is 10.7. The van der Waals surface area contributed by atoms with Crippen LogP contribution in [0.2, 0.25) is 0 Å². The molecule has 92 valence electrons. The van der Waals surface area contributed by atoms with Gasteiger partial charge < -0.3 is 0 Å². The Balaban J connectivity index is 1.90. The van der Waals surface area contributed by atoms with Crippen molar-refractivity contribution in [3.8, 4) is 0 Å². The molecule has 0 bridgehead atoms. The first-order valence-electron chi connectivity index (χ1n) is 5.75. The molecule has 2 aromatic heterocycles. The molecule has 1 aliphatic rings. The van der Waals surface area contributed by atoms with Gasteiger partial charge in [0.1, 0.15) is 0 Å². The molecule has 5 heteroatoms. The molecule has 1 saturated heterocycles. The Morgan fingerprint density at radius 3 is 2.89 bits per heavy atom. The van der Waals surface area contributed by atoms with E-state index in [1.54, 1.807) is 29.7 Å². The van der Waals surface area contributed by atoms with E-state index in [9.17, 15) is 4.79 Å². The van der Waals surface area contributed by atoms with Crippen LogP contribution in [0.5, 0.6) is 0 Å². The van der Waals surface area contributed by atoms with Crippen LogP contribution >= 0.6 is 11.3 Å². The number of anilines is 1.